The molecule has 0 spiro atoms. The van der Waals surface area contributed by atoms with Crippen molar-refractivity contribution in [1.29, 1.82) is 0 Å². The molecule has 0 aliphatic heterocycles. The van der Waals surface area contributed by atoms with Crippen LogP contribution in [0.15, 0.2) is 24.3 Å². The second-order valence-corrected chi connectivity index (χ2v) is 7.28. The van der Waals surface area contributed by atoms with E-state index in [1.54, 1.807) is 0 Å². The fourth-order valence-electron chi connectivity index (χ4n) is 2.71. The monoisotopic (exact) mass is 340 g/mol. The summed E-state index contributed by atoms with van der Waals surface area (Å²) in [5, 5.41) is 18.4. The van der Waals surface area contributed by atoms with Gasteiger partial charge < -0.3 is 20.7 Å². The van der Waals surface area contributed by atoms with Crippen LogP contribution in [0.3, 0.4) is 0 Å². The number of halogens is 1. The molecule has 1 rings (SSSR count). The molecule has 6 heteroatoms. The molecule has 0 aliphatic rings. The lowest BCUT2D eigenvalue weighted by atomic mass is 9.81. The van der Waals surface area contributed by atoms with Gasteiger partial charge in [-0.2, -0.15) is 0 Å². The maximum Gasteiger partial charge on any atom is 0.451 e. The molecule has 0 radical (unpaired) electrons. The standard InChI is InChI=1S/C17H30BClN2O2/c1-17(20,10-3-4-12-18(22)23)11-5-13-21(2)14-15-6-8-16(19)9-7-15/h6-9,22-23H,3-5,10-14,20H2,1-2H3. The Balaban J connectivity index is 2.19. The third kappa shape index (κ3) is 10.00. The predicted octanol–water partition coefficient (Wildman–Crippen LogP) is 2.91. The molecule has 1 aromatic carbocycles. The van der Waals surface area contributed by atoms with Gasteiger partial charge in [0.1, 0.15) is 0 Å². The quantitative estimate of drug-likeness (QED) is 0.428. The molecule has 0 aliphatic carbocycles. The minimum Gasteiger partial charge on any atom is -0.427 e. The van der Waals surface area contributed by atoms with Crippen LogP contribution in [-0.2, 0) is 6.54 Å². The first-order chi connectivity index (χ1) is 10.8. The topological polar surface area (TPSA) is 69.7 Å². The van der Waals surface area contributed by atoms with E-state index in [2.05, 4.69) is 31.0 Å². The van der Waals surface area contributed by atoms with Crippen molar-refractivity contribution in [2.45, 2.75) is 57.4 Å². The first kappa shape index (κ1) is 20.5. The molecule has 1 unspecified atom stereocenters. The molecule has 23 heavy (non-hydrogen) atoms. The average molecular weight is 341 g/mol. The van der Waals surface area contributed by atoms with Gasteiger partial charge in [0, 0.05) is 17.1 Å². The molecule has 0 amide bonds. The zero-order valence-corrected chi connectivity index (χ0v) is 15.1. The Hall–Kier alpha value is -0.585. The lowest BCUT2D eigenvalue weighted by Crippen LogP contribution is -2.37. The highest BCUT2D eigenvalue weighted by atomic mass is 35.5. The van der Waals surface area contributed by atoms with Crippen LogP contribution in [0.5, 0.6) is 0 Å². The third-order valence-electron chi connectivity index (χ3n) is 4.11. The molecule has 130 valence electrons. The fourth-order valence-corrected chi connectivity index (χ4v) is 2.84. The van der Waals surface area contributed by atoms with E-state index >= 15 is 0 Å². The number of nitrogens with zero attached hydrogens (tertiary/aromatic N) is 1. The van der Waals surface area contributed by atoms with Crippen LogP contribution in [0.2, 0.25) is 11.3 Å². The number of benzene rings is 1. The Kier molecular flexibility index (Phi) is 9.18. The van der Waals surface area contributed by atoms with Crippen LogP contribution in [0, 0.1) is 0 Å². The highest BCUT2D eigenvalue weighted by Gasteiger charge is 2.18. The Bertz CT molecular complexity index is 441. The van der Waals surface area contributed by atoms with Crippen molar-refractivity contribution in [3.63, 3.8) is 0 Å². The third-order valence-corrected chi connectivity index (χ3v) is 4.37. The highest BCUT2D eigenvalue weighted by molar-refractivity contribution is 6.40. The van der Waals surface area contributed by atoms with Gasteiger partial charge in [-0.05, 0) is 63.8 Å². The molecule has 4 N–H and O–H groups in total. The number of rotatable bonds is 11. The van der Waals surface area contributed by atoms with Crippen molar-refractivity contribution in [3.8, 4) is 0 Å². The van der Waals surface area contributed by atoms with Gasteiger partial charge in [-0.1, -0.05) is 36.6 Å². The van der Waals surface area contributed by atoms with Crippen LogP contribution in [0.1, 0.15) is 44.6 Å². The molecule has 0 heterocycles. The van der Waals surface area contributed by atoms with E-state index in [0.717, 1.165) is 50.2 Å². The van der Waals surface area contributed by atoms with E-state index in [1.165, 1.54) is 5.56 Å². The number of hydrogen-bond donors (Lipinski definition) is 3. The minimum absolute atomic E-state index is 0.179. The van der Waals surface area contributed by atoms with Crippen molar-refractivity contribution in [1.82, 2.24) is 4.90 Å². The van der Waals surface area contributed by atoms with Crippen molar-refractivity contribution in [2.75, 3.05) is 13.6 Å². The summed E-state index contributed by atoms with van der Waals surface area (Å²) >= 11 is 5.90. The summed E-state index contributed by atoms with van der Waals surface area (Å²) in [6.07, 6.45) is 5.12. The van der Waals surface area contributed by atoms with Crippen molar-refractivity contribution >= 4 is 18.7 Å². The van der Waals surface area contributed by atoms with Gasteiger partial charge in [0.2, 0.25) is 0 Å². The summed E-state index contributed by atoms with van der Waals surface area (Å²) in [4.78, 5) is 2.29. The molecule has 0 fully saturated rings. The Labute approximate surface area is 145 Å². The van der Waals surface area contributed by atoms with Crippen molar-refractivity contribution < 1.29 is 10.0 Å². The summed E-state index contributed by atoms with van der Waals surface area (Å²) in [5.74, 6) is 0. The van der Waals surface area contributed by atoms with E-state index < -0.39 is 7.12 Å². The predicted molar refractivity (Wildman–Crippen MR) is 98.5 cm³/mol. The summed E-state index contributed by atoms with van der Waals surface area (Å²) in [7, 11) is 0.922. The molecule has 0 saturated heterocycles. The first-order valence-corrected chi connectivity index (χ1v) is 8.74. The van der Waals surface area contributed by atoms with E-state index in [0.29, 0.717) is 6.32 Å². The number of unbranched alkanes of at least 4 members (excludes halogenated alkanes) is 1. The molecule has 0 aromatic heterocycles. The zero-order chi connectivity index (χ0) is 17.3. The fraction of sp³-hybridized carbons (Fsp3) is 0.647. The van der Waals surface area contributed by atoms with Gasteiger partial charge in [0.15, 0.2) is 0 Å². The highest BCUT2D eigenvalue weighted by Crippen LogP contribution is 2.18. The Morgan fingerprint density at radius 2 is 1.74 bits per heavy atom. The van der Waals surface area contributed by atoms with Crippen LogP contribution < -0.4 is 5.73 Å². The molecule has 1 aromatic rings. The summed E-state index contributed by atoms with van der Waals surface area (Å²) in [5.41, 5.74) is 7.41. The zero-order valence-electron chi connectivity index (χ0n) is 14.3. The molecular formula is C17H30BClN2O2. The SMILES string of the molecule is CN(CCCC(C)(N)CCCCB(O)O)Cc1ccc(Cl)cc1. The summed E-state index contributed by atoms with van der Waals surface area (Å²) in [6, 6.07) is 7.96. The lowest BCUT2D eigenvalue weighted by Gasteiger charge is -2.26. The maximum atomic E-state index is 8.83. The smallest absolute Gasteiger partial charge is 0.427 e. The second-order valence-electron chi connectivity index (χ2n) is 6.85. The van der Waals surface area contributed by atoms with Gasteiger partial charge in [-0.25, -0.2) is 0 Å². The van der Waals surface area contributed by atoms with Crippen LogP contribution in [0.4, 0.5) is 0 Å². The van der Waals surface area contributed by atoms with E-state index in [9.17, 15) is 0 Å². The molecule has 0 saturated carbocycles. The maximum absolute atomic E-state index is 8.83. The van der Waals surface area contributed by atoms with Crippen molar-refractivity contribution in [3.05, 3.63) is 34.9 Å². The van der Waals surface area contributed by atoms with Gasteiger partial charge in [0.25, 0.3) is 0 Å². The number of hydrogen-bond acceptors (Lipinski definition) is 4. The molecule has 1 atom stereocenters. The van der Waals surface area contributed by atoms with Gasteiger partial charge in [-0.3, -0.25) is 0 Å². The van der Waals surface area contributed by atoms with Crippen molar-refractivity contribution in [2.24, 2.45) is 5.73 Å². The van der Waals surface area contributed by atoms with E-state index in [4.69, 9.17) is 27.4 Å². The Morgan fingerprint density at radius 3 is 2.35 bits per heavy atom. The summed E-state index contributed by atoms with van der Waals surface area (Å²) in [6.45, 7) is 4.00. The normalized spacial score (nSPS) is 14.0. The number of nitrogens with two attached hydrogens (primary N) is 1. The van der Waals surface area contributed by atoms with Crippen LogP contribution in [-0.4, -0.2) is 41.2 Å². The van der Waals surface area contributed by atoms with Gasteiger partial charge in [-0.15, -0.1) is 0 Å². The minimum atomic E-state index is -1.19. The van der Waals surface area contributed by atoms with Crippen LogP contribution in [0.25, 0.3) is 0 Å². The molecule has 4 nitrogen and oxygen atoms in total. The summed E-state index contributed by atoms with van der Waals surface area (Å²) < 4.78 is 0. The van der Waals surface area contributed by atoms with Crippen LogP contribution >= 0.6 is 11.6 Å². The van der Waals surface area contributed by atoms with Gasteiger partial charge in [0.05, 0.1) is 0 Å². The second kappa shape index (κ2) is 10.3. The Morgan fingerprint density at radius 1 is 1.13 bits per heavy atom. The van der Waals surface area contributed by atoms with E-state index in [1.807, 2.05) is 12.1 Å². The average Bonchev–Trinajstić information content (AvgIpc) is 2.46. The van der Waals surface area contributed by atoms with E-state index in [-0.39, 0.29) is 5.54 Å². The first-order valence-electron chi connectivity index (χ1n) is 8.36. The molecular weight excluding hydrogens is 310 g/mol. The lowest BCUT2D eigenvalue weighted by molar-refractivity contribution is 0.290. The molecule has 0 bridgehead atoms. The largest absolute Gasteiger partial charge is 0.451 e. The van der Waals surface area contributed by atoms with Gasteiger partial charge >= 0.3 is 7.12 Å².